The van der Waals surface area contributed by atoms with Crippen molar-refractivity contribution in [3.8, 4) is 0 Å². The van der Waals surface area contributed by atoms with Crippen LogP contribution in [-0.2, 0) is 4.74 Å². The molecular formula is C7H12O3. The van der Waals surface area contributed by atoms with Crippen molar-refractivity contribution in [3.63, 3.8) is 0 Å². The lowest BCUT2D eigenvalue weighted by atomic mass is 9.98. The van der Waals surface area contributed by atoms with Gasteiger partial charge in [-0.25, -0.2) is 0 Å². The zero-order chi connectivity index (χ0) is 7.78. The average Bonchev–Trinajstić information content (AvgIpc) is 2.19. The van der Waals surface area contributed by atoms with Gasteiger partial charge in [-0.3, -0.25) is 0 Å². The number of hydrogen-bond donors (Lipinski definition) is 2. The standard InChI is InChI=1S/C7H12O3/c1-3-7(2)6(9)5(8)4-10-7/h3,5-6,8-9H,1,4H2,2H3. The van der Waals surface area contributed by atoms with Crippen LogP contribution in [0.2, 0.25) is 0 Å². The maximum Gasteiger partial charge on any atom is 0.114 e. The van der Waals surface area contributed by atoms with E-state index < -0.39 is 17.8 Å². The molecule has 3 unspecified atom stereocenters. The van der Waals surface area contributed by atoms with Gasteiger partial charge in [0.05, 0.1) is 6.61 Å². The number of aliphatic hydroxyl groups is 2. The molecule has 0 aliphatic carbocycles. The Morgan fingerprint density at radius 1 is 1.70 bits per heavy atom. The van der Waals surface area contributed by atoms with Crippen LogP contribution in [0, 0.1) is 0 Å². The van der Waals surface area contributed by atoms with Gasteiger partial charge in [0.15, 0.2) is 0 Å². The topological polar surface area (TPSA) is 49.7 Å². The van der Waals surface area contributed by atoms with Crippen molar-refractivity contribution in [2.24, 2.45) is 0 Å². The minimum Gasteiger partial charge on any atom is -0.388 e. The van der Waals surface area contributed by atoms with E-state index in [-0.39, 0.29) is 6.61 Å². The summed E-state index contributed by atoms with van der Waals surface area (Å²) in [6, 6.07) is 0. The molecule has 0 aromatic carbocycles. The van der Waals surface area contributed by atoms with E-state index in [0.717, 1.165) is 0 Å². The summed E-state index contributed by atoms with van der Waals surface area (Å²) in [5.41, 5.74) is -0.764. The molecule has 1 fully saturated rings. The Labute approximate surface area is 59.9 Å². The van der Waals surface area contributed by atoms with Gasteiger partial charge in [0.25, 0.3) is 0 Å². The molecule has 1 saturated heterocycles. The van der Waals surface area contributed by atoms with Gasteiger partial charge in [-0.15, -0.1) is 6.58 Å². The van der Waals surface area contributed by atoms with Gasteiger partial charge in [-0.1, -0.05) is 6.08 Å². The van der Waals surface area contributed by atoms with Gasteiger partial charge >= 0.3 is 0 Å². The molecule has 3 heteroatoms. The molecule has 1 rings (SSSR count). The number of hydrogen-bond acceptors (Lipinski definition) is 3. The molecule has 58 valence electrons. The first-order chi connectivity index (χ1) is 4.60. The zero-order valence-corrected chi connectivity index (χ0v) is 5.95. The lowest BCUT2D eigenvalue weighted by Crippen LogP contribution is -2.38. The number of aliphatic hydroxyl groups excluding tert-OH is 2. The predicted octanol–water partition coefficient (Wildman–Crippen LogP) is -0.317. The van der Waals surface area contributed by atoms with Gasteiger partial charge in [0, 0.05) is 0 Å². The minimum absolute atomic E-state index is 0.184. The van der Waals surface area contributed by atoms with Crippen LogP contribution in [0.5, 0.6) is 0 Å². The molecule has 10 heavy (non-hydrogen) atoms. The summed E-state index contributed by atoms with van der Waals surface area (Å²) in [4.78, 5) is 0. The molecule has 0 amide bonds. The first-order valence-corrected chi connectivity index (χ1v) is 3.24. The Hall–Kier alpha value is -0.380. The largest absolute Gasteiger partial charge is 0.388 e. The highest BCUT2D eigenvalue weighted by Crippen LogP contribution is 2.26. The van der Waals surface area contributed by atoms with E-state index in [2.05, 4.69) is 6.58 Å². The molecule has 3 atom stereocenters. The monoisotopic (exact) mass is 144 g/mol. The van der Waals surface area contributed by atoms with Crippen LogP contribution < -0.4 is 0 Å². The maximum atomic E-state index is 9.27. The lowest BCUT2D eigenvalue weighted by Gasteiger charge is -2.22. The summed E-state index contributed by atoms with van der Waals surface area (Å²) in [5, 5.41) is 18.3. The predicted molar refractivity (Wildman–Crippen MR) is 36.6 cm³/mol. The van der Waals surface area contributed by atoms with Crippen molar-refractivity contribution in [1.82, 2.24) is 0 Å². The fraction of sp³-hybridized carbons (Fsp3) is 0.714. The van der Waals surface area contributed by atoms with Crippen molar-refractivity contribution in [3.05, 3.63) is 12.7 Å². The van der Waals surface area contributed by atoms with E-state index in [0.29, 0.717) is 0 Å². The summed E-state index contributed by atoms with van der Waals surface area (Å²) in [6.07, 6.45) is -0.110. The fourth-order valence-electron chi connectivity index (χ4n) is 1.00. The molecular weight excluding hydrogens is 132 g/mol. The first kappa shape index (κ1) is 7.72. The summed E-state index contributed by atoms with van der Waals surface area (Å²) in [6.45, 7) is 5.38. The molecule has 1 aliphatic rings. The van der Waals surface area contributed by atoms with Crippen LogP contribution in [0.1, 0.15) is 6.92 Å². The first-order valence-electron chi connectivity index (χ1n) is 3.24. The molecule has 0 aromatic heterocycles. The van der Waals surface area contributed by atoms with E-state index in [1.807, 2.05) is 0 Å². The van der Waals surface area contributed by atoms with Crippen molar-refractivity contribution in [1.29, 1.82) is 0 Å². The summed E-state index contributed by atoms with van der Waals surface area (Å²) in [7, 11) is 0. The molecule has 0 saturated carbocycles. The Morgan fingerprint density at radius 2 is 2.30 bits per heavy atom. The third kappa shape index (κ3) is 0.963. The quantitative estimate of drug-likeness (QED) is 0.496. The minimum atomic E-state index is -0.843. The Morgan fingerprint density at radius 3 is 2.50 bits per heavy atom. The van der Waals surface area contributed by atoms with E-state index >= 15 is 0 Å². The van der Waals surface area contributed by atoms with Crippen molar-refractivity contribution in [2.45, 2.75) is 24.7 Å². The second kappa shape index (κ2) is 2.34. The van der Waals surface area contributed by atoms with Crippen molar-refractivity contribution in [2.75, 3.05) is 6.61 Å². The second-order valence-corrected chi connectivity index (χ2v) is 2.71. The average molecular weight is 144 g/mol. The molecule has 1 heterocycles. The van der Waals surface area contributed by atoms with Crippen LogP contribution in [-0.4, -0.2) is 34.6 Å². The van der Waals surface area contributed by atoms with Gasteiger partial charge in [0.1, 0.15) is 17.8 Å². The van der Waals surface area contributed by atoms with E-state index in [9.17, 15) is 5.11 Å². The van der Waals surface area contributed by atoms with Crippen LogP contribution in [0.25, 0.3) is 0 Å². The molecule has 3 nitrogen and oxygen atoms in total. The highest BCUT2D eigenvalue weighted by Gasteiger charge is 2.42. The van der Waals surface area contributed by atoms with Gasteiger partial charge in [-0.05, 0) is 6.92 Å². The third-order valence-electron chi connectivity index (χ3n) is 1.92. The van der Waals surface area contributed by atoms with Crippen molar-refractivity contribution >= 4 is 0 Å². The third-order valence-corrected chi connectivity index (χ3v) is 1.92. The van der Waals surface area contributed by atoms with Crippen LogP contribution >= 0.6 is 0 Å². The Kier molecular flexibility index (Phi) is 1.81. The molecule has 1 aliphatic heterocycles. The summed E-state index contributed by atoms with van der Waals surface area (Å²) >= 11 is 0. The van der Waals surface area contributed by atoms with Crippen molar-refractivity contribution < 1.29 is 14.9 Å². The van der Waals surface area contributed by atoms with E-state index in [1.165, 1.54) is 6.08 Å². The highest BCUT2D eigenvalue weighted by atomic mass is 16.5. The second-order valence-electron chi connectivity index (χ2n) is 2.71. The van der Waals surface area contributed by atoms with Crippen LogP contribution in [0.3, 0.4) is 0 Å². The van der Waals surface area contributed by atoms with Gasteiger partial charge in [-0.2, -0.15) is 0 Å². The van der Waals surface area contributed by atoms with E-state index in [4.69, 9.17) is 9.84 Å². The highest BCUT2D eigenvalue weighted by molar-refractivity contribution is 5.05. The Bertz CT molecular complexity index is 146. The van der Waals surface area contributed by atoms with Crippen LogP contribution in [0.4, 0.5) is 0 Å². The van der Waals surface area contributed by atoms with Gasteiger partial charge in [0.2, 0.25) is 0 Å². The molecule has 0 spiro atoms. The SMILES string of the molecule is C=CC1(C)OCC(O)C1O. The normalized spacial score (nSPS) is 47.5. The number of ether oxygens (including phenoxy) is 1. The smallest absolute Gasteiger partial charge is 0.114 e. The maximum absolute atomic E-state index is 9.27. The summed E-state index contributed by atoms with van der Waals surface area (Å²) < 4.78 is 5.10. The molecule has 0 bridgehead atoms. The fourth-order valence-corrected chi connectivity index (χ4v) is 1.00. The number of rotatable bonds is 1. The summed E-state index contributed by atoms with van der Waals surface area (Å²) in [5.74, 6) is 0. The molecule has 2 N–H and O–H groups in total. The van der Waals surface area contributed by atoms with Crippen LogP contribution in [0.15, 0.2) is 12.7 Å². The molecule has 0 radical (unpaired) electrons. The zero-order valence-electron chi connectivity index (χ0n) is 5.95. The van der Waals surface area contributed by atoms with Gasteiger partial charge < -0.3 is 14.9 Å². The molecule has 0 aromatic rings. The lowest BCUT2D eigenvalue weighted by molar-refractivity contribution is -0.0157. The van der Waals surface area contributed by atoms with E-state index in [1.54, 1.807) is 6.92 Å². The Balaban J connectivity index is 2.73.